The average Bonchev–Trinajstić information content (AvgIpc) is 2.97. The van der Waals surface area contributed by atoms with E-state index in [-0.39, 0.29) is 23.7 Å². The lowest BCUT2D eigenvalue weighted by Crippen LogP contribution is -2.50. The highest BCUT2D eigenvalue weighted by molar-refractivity contribution is 5.79. The van der Waals surface area contributed by atoms with Gasteiger partial charge in [0.2, 0.25) is 5.91 Å². The molecule has 1 saturated heterocycles. The monoisotopic (exact) mass is 304 g/mol. The fourth-order valence-corrected chi connectivity index (χ4v) is 3.63. The average molecular weight is 304 g/mol. The summed E-state index contributed by atoms with van der Waals surface area (Å²) in [6.45, 7) is 3.79. The van der Waals surface area contributed by atoms with E-state index < -0.39 is 0 Å². The van der Waals surface area contributed by atoms with E-state index in [0.29, 0.717) is 17.4 Å². The number of nitrogens with one attached hydrogen (secondary N) is 2. The van der Waals surface area contributed by atoms with Gasteiger partial charge in [-0.2, -0.15) is 0 Å². The van der Waals surface area contributed by atoms with Crippen molar-refractivity contribution >= 4 is 5.91 Å². The fourth-order valence-electron chi connectivity index (χ4n) is 3.63. The van der Waals surface area contributed by atoms with Crippen LogP contribution in [0.5, 0.6) is 0 Å². The molecule has 0 aromatic heterocycles. The smallest absolute Gasteiger partial charge is 0.223 e. The van der Waals surface area contributed by atoms with Crippen LogP contribution in [0, 0.1) is 23.6 Å². The van der Waals surface area contributed by atoms with Crippen molar-refractivity contribution in [2.24, 2.45) is 17.8 Å². The van der Waals surface area contributed by atoms with Crippen LogP contribution in [0.2, 0.25) is 0 Å². The molecule has 1 aromatic carbocycles. The van der Waals surface area contributed by atoms with Crippen molar-refractivity contribution in [2.45, 2.75) is 38.6 Å². The quantitative estimate of drug-likeness (QED) is 0.878. The maximum absolute atomic E-state index is 14.2. The standard InChI is InChI=1S/C18H25FN2O/c1-12(14-10-20-11-14)18(22)21-17(13-6-2-3-7-13)15-8-4-5-9-16(15)19/h4-5,8-9,12-14,17,20H,2-3,6-7,10-11H2,1H3,(H,21,22). The summed E-state index contributed by atoms with van der Waals surface area (Å²) < 4.78 is 14.2. The Morgan fingerprint density at radius 3 is 2.50 bits per heavy atom. The topological polar surface area (TPSA) is 41.1 Å². The van der Waals surface area contributed by atoms with Gasteiger partial charge < -0.3 is 10.6 Å². The first-order valence-corrected chi connectivity index (χ1v) is 8.42. The molecule has 3 rings (SSSR count). The SMILES string of the molecule is CC(C(=O)NC(c1ccccc1F)C1CCCC1)C1CNC1. The molecule has 4 heteroatoms. The highest BCUT2D eigenvalue weighted by Gasteiger charge is 2.33. The molecule has 2 fully saturated rings. The van der Waals surface area contributed by atoms with E-state index in [4.69, 9.17) is 0 Å². The molecule has 22 heavy (non-hydrogen) atoms. The first-order valence-electron chi connectivity index (χ1n) is 8.42. The van der Waals surface area contributed by atoms with E-state index >= 15 is 0 Å². The van der Waals surface area contributed by atoms with Gasteiger partial charge in [-0.15, -0.1) is 0 Å². The minimum Gasteiger partial charge on any atom is -0.349 e. The Labute approximate surface area is 131 Å². The van der Waals surface area contributed by atoms with E-state index in [2.05, 4.69) is 10.6 Å². The zero-order chi connectivity index (χ0) is 15.5. The Morgan fingerprint density at radius 2 is 1.91 bits per heavy atom. The normalized spacial score (nSPS) is 22.1. The zero-order valence-electron chi connectivity index (χ0n) is 13.1. The molecule has 2 aliphatic rings. The highest BCUT2D eigenvalue weighted by Crippen LogP contribution is 2.37. The molecule has 2 N–H and O–H groups in total. The van der Waals surface area contributed by atoms with Gasteiger partial charge in [-0.25, -0.2) is 4.39 Å². The lowest BCUT2D eigenvalue weighted by molar-refractivity contribution is -0.127. The van der Waals surface area contributed by atoms with Crippen molar-refractivity contribution in [1.82, 2.24) is 10.6 Å². The third kappa shape index (κ3) is 3.17. The summed E-state index contributed by atoms with van der Waals surface area (Å²) in [6.07, 6.45) is 4.48. The van der Waals surface area contributed by atoms with Crippen molar-refractivity contribution in [3.05, 3.63) is 35.6 Å². The van der Waals surface area contributed by atoms with Crippen LogP contribution in [0.4, 0.5) is 4.39 Å². The van der Waals surface area contributed by atoms with Crippen LogP contribution in [-0.4, -0.2) is 19.0 Å². The molecular formula is C18H25FN2O. The molecule has 1 amide bonds. The first kappa shape index (κ1) is 15.5. The van der Waals surface area contributed by atoms with Crippen LogP contribution in [-0.2, 0) is 4.79 Å². The number of amides is 1. The molecular weight excluding hydrogens is 279 g/mol. The maximum Gasteiger partial charge on any atom is 0.223 e. The Bertz CT molecular complexity index is 524. The second-order valence-corrected chi connectivity index (χ2v) is 6.76. The van der Waals surface area contributed by atoms with Crippen LogP contribution >= 0.6 is 0 Å². The van der Waals surface area contributed by atoms with Crippen molar-refractivity contribution in [3.63, 3.8) is 0 Å². The van der Waals surface area contributed by atoms with Crippen LogP contribution in [0.3, 0.4) is 0 Å². The molecule has 3 nitrogen and oxygen atoms in total. The predicted molar refractivity (Wildman–Crippen MR) is 84.8 cm³/mol. The van der Waals surface area contributed by atoms with Gasteiger partial charge in [0, 0.05) is 11.5 Å². The summed E-state index contributed by atoms with van der Waals surface area (Å²) in [5.41, 5.74) is 0.640. The lowest BCUT2D eigenvalue weighted by atomic mass is 9.86. The zero-order valence-corrected chi connectivity index (χ0v) is 13.1. The molecule has 0 radical (unpaired) electrons. The van der Waals surface area contributed by atoms with E-state index in [1.54, 1.807) is 6.07 Å². The summed E-state index contributed by atoms with van der Waals surface area (Å²) in [7, 11) is 0. The Morgan fingerprint density at radius 1 is 1.23 bits per heavy atom. The molecule has 2 unspecified atom stereocenters. The van der Waals surface area contributed by atoms with Crippen LogP contribution in [0.15, 0.2) is 24.3 Å². The first-order chi connectivity index (χ1) is 10.7. The van der Waals surface area contributed by atoms with Crippen molar-refractivity contribution < 1.29 is 9.18 Å². The maximum atomic E-state index is 14.2. The number of halogens is 1. The van der Waals surface area contributed by atoms with Gasteiger partial charge in [0.1, 0.15) is 5.82 Å². The van der Waals surface area contributed by atoms with Gasteiger partial charge in [0.25, 0.3) is 0 Å². The highest BCUT2D eigenvalue weighted by atomic mass is 19.1. The lowest BCUT2D eigenvalue weighted by Gasteiger charge is -2.34. The molecule has 0 bridgehead atoms. The van der Waals surface area contributed by atoms with Crippen LogP contribution in [0.25, 0.3) is 0 Å². The van der Waals surface area contributed by atoms with E-state index in [0.717, 1.165) is 25.9 Å². The van der Waals surface area contributed by atoms with Gasteiger partial charge >= 0.3 is 0 Å². The van der Waals surface area contributed by atoms with Crippen LogP contribution < -0.4 is 10.6 Å². The molecule has 1 heterocycles. The fraction of sp³-hybridized carbons (Fsp3) is 0.611. The van der Waals surface area contributed by atoms with E-state index in [9.17, 15) is 9.18 Å². The molecule has 1 aliphatic heterocycles. The number of hydrogen-bond donors (Lipinski definition) is 2. The number of carbonyl (C=O) groups is 1. The number of benzene rings is 1. The van der Waals surface area contributed by atoms with Crippen molar-refractivity contribution in [1.29, 1.82) is 0 Å². The summed E-state index contributed by atoms with van der Waals surface area (Å²) in [6, 6.07) is 6.67. The van der Waals surface area contributed by atoms with E-state index in [1.807, 2.05) is 19.1 Å². The minimum absolute atomic E-state index is 0.0167. The molecule has 1 aliphatic carbocycles. The predicted octanol–water partition coefficient (Wildman–Crippen LogP) is 3.03. The molecule has 1 saturated carbocycles. The molecule has 2 atom stereocenters. The number of carbonyl (C=O) groups excluding carboxylic acids is 1. The Hall–Kier alpha value is -1.42. The third-order valence-corrected chi connectivity index (χ3v) is 5.34. The van der Waals surface area contributed by atoms with E-state index in [1.165, 1.54) is 18.9 Å². The van der Waals surface area contributed by atoms with Crippen molar-refractivity contribution in [2.75, 3.05) is 13.1 Å². The second-order valence-electron chi connectivity index (χ2n) is 6.76. The summed E-state index contributed by atoms with van der Waals surface area (Å²) in [5, 5.41) is 6.36. The molecule has 0 spiro atoms. The van der Waals surface area contributed by atoms with Crippen LogP contribution in [0.1, 0.15) is 44.2 Å². The Kier molecular flexibility index (Phi) is 4.77. The summed E-state index contributed by atoms with van der Waals surface area (Å²) in [5.74, 6) is 0.596. The van der Waals surface area contributed by atoms with Gasteiger partial charge in [-0.3, -0.25) is 4.79 Å². The minimum atomic E-state index is -0.210. The van der Waals surface area contributed by atoms with Gasteiger partial charge in [-0.1, -0.05) is 38.0 Å². The largest absolute Gasteiger partial charge is 0.349 e. The summed E-state index contributed by atoms with van der Waals surface area (Å²) >= 11 is 0. The molecule has 1 aromatic rings. The van der Waals surface area contributed by atoms with Gasteiger partial charge in [0.05, 0.1) is 6.04 Å². The molecule has 120 valence electrons. The van der Waals surface area contributed by atoms with Crippen molar-refractivity contribution in [3.8, 4) is 0 Å². The number of rotatable bonds is 5. The second kappa shape index (κ2) is 6.78. The van der Waals surface area contributed by atoms with Gasteiger partial charge in [0.15, 0.2) is 0 Å². The van der Waals surface area contributed by atoms with Gasteiger partial charge in [-0.05, 0) is 43.8 Å². The summed E-state index contributed by atoms with van der Waals surface area (Å²) in [4.78, 5) is 12.6. The Balaban J connectivity index is 1.76. The third-order valence-electron chi connectivity index (χ3n) is 5.34. The number of hydrogen-bond acceptors (Lipinski definition) is 2.